The molecule has 33 heavy (non-hydrogen) atoms. The van der Waals surface area contributed by atoms with Gasteiger partial charge in [-0.3, -0.25) is 14.5 Å². The second kappa shape index (κ2) is 8.95. The Morgan fingerprint density at radius 2 is 1.79 bits per heavy atom. The van der Waals surface area contributed by atoms with Crippen molar-refractivity contribution in [3.05, 3.63) is 48.5 Å². The second-order valence-corrected chi connectivity index (χ2v) is 9.90. The Kier molecular flexibility index (Phi) is 6.22. The van der Waals surface area contributed by atoms with Crippen molar-refractivity contribution in [1.82, 2.24) is 14.3 Å². The van der Waals surface area contributed by atoms with Crippen LogP contribution in [-0.4, -0.2) is 61.2 Å². The summed E-state index contributed by atoms with van der Waals surface area (Å²) in [7, 11) is -1.93. The number of aromatic nitrogens is 2. The van der Waals surface area contributed by atoms with Crippen LogP contribution in [0.5, 0.6) is 0 Å². The van der Waals surface area contributed by atoms with E-state index >= 15 is 0 Å². The lowest BCUT2D eigenvalue weighted by molar-refractivity contribution is -0.124. The number of nitrogens with zero attached hydrogens (tertiary/aromatic N) is 4. The van der Waals surface area contributed by atoms with E-state index in [1.54, 1.807) is 33.0 Å². The number of fused-ring (bicyclic) bond motifs is 1. The first-order chi connectivity index (χ1) is 15.8. The van der Waals surface area contributed by atoms with Crippen LogP contribution in [-0.2, 0) is 19.6 Å². The number of benzene rings is 2. The molecular formula is C23H27N5O4S. The summed E-state index contributed by atoms with van der Waals surface area (Å²) in [5.41, 5.74) is 2.16. The number of amides is 2. The van der Waals surface area contributed by atoms with Gasteiger partial charge in [0.2, 0.25) is 27.8 Å². The molecule has 174 valence electrons. The molecule has 1 N–H and O–H groups in total. The summed E-state index contributed by atoms with van der Waals surface area (Å²) in [6, 6.07) is 13.7. The number of para-hydroxylation sites is 2. The molecule has 1 atom stereocenters. The van der Waals surface area contributed by atoms with Crippen LogP contribution in [0.15, 0.2) is 53.4 Å². The lowest BCUT2D eigenvalue weighted by atomic mass is 10.1. The fraction of sp³-hybridized carbons (Fsp3) is 0.348. The van der Waals surface area contributed by atoms with Crippen LogP contribution < -0.4 is 9.80 Å². The molecule has 3 aromatic rings. The molecule has 1 aromatic heterocycles. The largest absolute Gasteiger partial charge is 0.324 e. The quantitative estimate of drug-likeness (QED) is 0.572. The number of hydrogen-bond acceptors (Lipinski definition) is 5. The van der Waals surface area contributed by atoms with E-state index in [2.05, 4.69) is 9.97 Å². The van der Waals surface area contributed by atoms with Crippen molar-refractivity contribution in [1.29, 1.82) is 0 Å². The van der Waals surface area contributed by atoms with E-state index in [9.17, 15) is 18.0 Å². The van der Waals surface area contributed by atoms with Crippen molar-refractivity contribution >= 4 is 44.5 Å². The maximum Gasteiger partial charge on any atom is 0.243 e. The Bertz CT molecular complexity index is 1250. The van der Waals surface area contributed by atoms with Gasteiger partial charge in [-0.2, -0.15) is 4.31 Å². The van der Waals surface area contributed by atoms with Crippen molar-refractivity contribution in [3.63, 3.8) is 0 Å². The van der Waals surface area contributed by atoms with Gasteiger partial charge in [0.1, 0.15) is 0 Å². The Hall–Kier alpha value is -3.24. The van der Waals surface area contributed by atoms with Crippen LogP contribution in [0, 0.1) is 5.92 Å². The van der Waals surface area contributed by atoms with E-state index in [4.69, 9.17) is 0 Å². The monoisotopic (exact) mass is 469 g/mol. The van der Waals surface area contributed by atoms with Gasteiger partial charge in [-0.25, -0.2) is 13.4 Å². The molecule has 1 aliphatic heterocycles. The Balaban J connectivity index is 1.49. The topological polar surface area (TPSA) is 107 Å². The standard InChI is InChI=1S/C23H27N5O4S/c1-4-27(5-2)33(31,32)18-12-10-17(11-13-18)28-15-16(14-21(28)29)22(30)26(3)23-24-19-8-6-7-9-20(19)25-23/h6-13,16H,4-5,14-15H2,1-3H3,(H,24,25). The molecule has 2 aromatic carbocycles. The molecule has 0 aliphatic carbocycles. The van der Waals surface area contributed by atoms with E-state index in [1.807, 2.05) is 24.3 Å². The Labute approximate surface area is 193 Å². The highest BCUT2D eigenvalue weighted by Crippen LogP contribution is 2.29. The zero-order chi connectivity index (χ0) is 23.8. The van der Waals surface area contributed by atoms with Crippen LogP contribution in [0.2, 0.25) is 0 Å². The van der Waals surface area contributed by atoms with Crippen LogP contribution in [0.25, 0.3) is 11.0 Å². The second-order valence-electron chi connectivity index (χ2n) is 7.96. The maximum atomic E-state index is 13.1. The molecule has 0 spiro atoms. The van der Waals surface area contributed by atoms with Crippen LogP contribution in [0.1, 0.15) is 20.3 Å². The van der Waals surface area contributed by atoms with E-state index in [-0.39, 0.29) is 29.7 Å². The van der Waals surface area contributed by atoms with Crippen LogP contribution in [0.3, 0.4) is 0 Å². The highest BCUT2D eigenvalue weighted by Gasteiger charge is 2.37. The third-order valence-electron chi connectivity index (χ3n) is 5.99. The number of imidazole rings is 1. The molecule has 1 saturated heterocycles. The normalized spacial score (nSPS) is 16.7. The number of anilines is 2. The van der Waals surface area contributed by atoms with Gasteiger partial charge < -0.3 is 9.88 Å². The fourth-order valence-corrected chi connectivity index (χ4v) is 5.57. The minimum absolute atomic E-state index is 0.0862. The number of nitrogens with one attached hydrogen (secondary N) is 1. The number of H-pyrrole nitrogens is 1. The van der Waals surface area contributed by atoms with Gasteiger partial charge in [0, 0.05) is 38.8 Å². The average molecular weight is 470 g/mol. The number of sulfonamides is 1. The van der Waals surface area contributed by atoms with E-state index < -0.39 is 15.9 Å². The van der Waals surface area contributed by atoms with Gasteiger partial charge in [-0.1, -0.05) is 26.0 Å². The number of rotatable bonds is 7. The van der Waals surface area contributed by atoms with Gasteiger partial charge in [-0.15, -0.1) is 0 Å². The molecule has 1 unspecified atom stereocenters. The van der Waals surface area contributed by atoms with Crippen molar-refractivity contribution < 1.29 is 18.0 Å². The summed E-state index contributed by atoms with van der Waals surface area (Å²) in [6.45, 7) is 4.57. The highest BCUT2D eigenvalue weighted by molar-refractivity contribution is 7.89. The Morgan fingerprint density at radius 3 is 2.42 bits per heavy atom. The van der Waals surface area contributed by atoms with Crippen molar-refractivity contribution in [2.75, 3.05) is 36.5 Å². The molecule has 1 fully saturated rings. The van der Waals surface area contributed by atoms with Gasteiger partial charge in [0.25, 0.3) is 0 Å². The van der Waals surface area contributed by atoms with Gasteiger partial charge >= 0.3 is 0 Å². The Morgan fingerprint density at radius 1 is 1.12 bits per heavy atom. The molecule has 1 aliphatic rings. The summed E-state index contributed by atoms with van der Waals surface area (Å²) < 4.78 is 26.8. The van der Waals surface area contributed by atoms with Crippen molar-refractivity contribution in [2.45, 2.75) is 25.2 Å². The number of aromatic amines is 1. The number of hydrogen-bond donors (Lipinski definition) is 1. The summed E-state index contributed by atoms with van der Waals surface area (Å²) in [6.07, 6.45) is 0.0862. The van der Waals surface area contributed by atoms with Gasteiger partial charge in [0.15, 0.2) is 0 Å². The lowest BCUT2D eigenvalue weighted by Gasteiger charge is -2.21. The predicted octanol–water partition coefficient (Wildman–Crippen LogP) is 2.61. The molecule has 9 nitrogen and oxygen atoms in total. The fourth-order valence-electron chi connectivity index (χ4n) is 4.11. The van der Waals surface area contributed by atoms with Crippen LogP contribution in [0.4, 0.5) is 11.6 Å². The molecule has 0 saturated carbocycles. The van der Waals surface area contributed by atoms with Gasteiger partial charge in [0.05, 0.1) is 21.8 Å². The SMILES string of the molecule is CCN(CC)S(=O)(=O)c1ccc(N2CC(C(=O)N(C)c3nc4ccccc4[nH]3)CC2=O)cc1. The van der Waals surface area contributed by atoms with Gasteiger partial charge in [-0.05, 0) is 36.4 Å². The molecule has 2 amide bonds. The third-order valence-corrected chi connectivity index (χ3v) is 8.06. The first-order valence-electron chi connectivity index (χ1n) is 10.9. The molecule has 0 radical (unpaired) electrons. The summed E-state index contributed by atoms with van der Waals surface area (Å²) in [4.78, 5) is 36.5. The smallest absolute Gasteiger partial charge is 0.243 e. The minimum atomic E-state index is -3.57. The zero-order valence-electron chi connectivity index (χ0n) is 18.9. The molecular weight excluding hydrogens is 442 g/mol. The summed E-state index contributed by atoms with van der Waals surface area (Å²) in [5, 5.41) is 0. The van der Waals surface area contributed by atoms with E-state index in [0.29, 0.717) is 24.7 Å². The molecule has 10 heteroatoms. The van der Waals surface area contributed by atoms with E-state index in [0.717, 1.165) is 11.0 Å². The molecule has 2 heterocycles. The van der Waals surface area contributed by atoms with Crippen molar-refractivity contribution in [3.8, 4) is 0 Å². The number of carbonyl (C=O) groups is 2. The van der Waals surface area contributed by atoms with Crippen molar-refractivity contribution in [2.24, 2.45) is 5.92 Å². The lowest BCUT2D eigenvalue weighted by Crippen LogP contribution is -2.35. The first kappa shape index (κ1) is 22.9. The third kappa shape index (κ3) is 4.23. The molecule has 0 bridgehead atoms. The highest BCUT2D eigenvalue weighted by atomic mass is 32.2. The molecule has 4 rings (SSSR count). The van der Waals surface area contributed by atoms with E-state index in [1.165, 1.54) is 26.2 Å². The van der Waals surface area contributed by atoms with Crippen LogP contribution >= 0.6 is 0 Å². The maximum absolute atomic E-state index is 13.1. The summed E-state index contributed by atoms with van der Waals surface area (Å²) in [5.74, 6) is -0.468. The average Bonchev–Trinajstić information content (AvgIpc) is 3.42. The zero-order valence-corrected chi connectivity index (χ0v) is 19.7. The minimum Gasteiger partial charge on any atom is -0.324 e. The first-order valence-corrected chi connectivity index (χ1v) is 12.3. The number of carbonyl (C=O) groups excluding carboxylic acids is 2. The predicted molar refractivity (Wildman–Crippen MR) is 127 cm³/mol. The summed E-state index contributed by atoms with van der Waals surface area (Å²) >= 11 is 0.